The zero-order chi connectivity index (χ0) is 15.8. The summed E-state index contributed by atoms with van der Waals surface area (Å²) in [6, 6.07) is 7.55. The van der Waals surface area contributed by atoms with Crippen molar-refractivity contribution < 1.29 is 9.47 Å². The fourth-order valence-corrected chi connectivity index (χ4v) is 2.67. The molecule has 120 valence electrons. The van der Waals surface area contributed by atoms with Gasteiger partial charge in [-0.3, -0.25) is 5.41 Å². The van der Waals surface area contributed by atoms with Crippen LogP contribution >= 0.6 is 0 Å². The van der Waals surface area contributed by atoms with Crippen molar-refractivity contribution in [3.05, 3.63) is 35.4 Å². The Bertz CT molecular complexity index is 530. The van der Waals surface area contributed by atoms with Gasteiger partial charge in [-0.25, -0.2) is 0 Å². The molecule has 1 aromatic carbocycles. The van der Waals surface area contributed by atoms with E-state index in [1.807, 2.05) is 24.3 Å². The van der Waals surface area contributed by atoms with Crippen LogP contribution in [0.25, 0.3) is 0 Å². The molecule has 1 heterocycles. The van der Waals surface area contributed by atoms with E-state index in [9.17, 15) is 0 Å². The fraction of sp³-hybridized carbons (Fsp3) is 0.529. The van der Waals surface area contributed by atoms with Crippen molar-refractivity contribution in [2.24, 2.45) is 10.7 Å². The highest BCUT2D eigenvalue weighted by Gasteiger charge is 2.42. The summed E-state index contributed by atoms with van der Waals surface area (Å²) in [4.78, 5) is 4.32. The molecular formula is C17H25N3O2. The number of aliphatic imine (C=N–C) groups is 1. The van der Waals surface area contributed by atoms with Gasteiger partial charge in [0.15, 0.2) is 6.40 Å². The molecule has 5 nitrogen and oxygen atoms in total. The number of benzene rings is 1. The third kappa shape index (κ3) is 3.65. The molecule has 22 heavy (non-hydrogen) atoms. The first-order valence-corrected chi connectivity index (χ1v) is 7.99. The second kappa shape index (κ2) is 7.94. The molecule has 5 heteroatoms. The normalized spacial score (nSPS) is 19.6. The largest absolute Gasteiger partial charge is 0.429 e. The SMILES string of the molecule is CCCCCCCCOC1(OC=N)N=C(N)c2ccccc21. The summed E-state index contributed by atoms with van der Waals surface area (Å²) in [6.45, 7) is 2.74. The Labute approximate surface area is 132 Å². The molecule has 0 saturated heterocycles. The zero-order valence-electron chi connectivity index (χ0n) is 13.2. The van der Waals surface area contributed by atoms with E-state index in [1.165, 1.54) is 25.7 Å². The Kier molecular flexibility index (Phi) is 5.95. The molecule has 0 bridgehead atoms. The molecule has 0 aliphatic carbocycles. The fourth-order valence-electron chi connectivity index (χ4n) is 2.67. The van der Waals surface area contributed by atoms with Crippen molar-refractivity contribution >= 4 is 12.2 Å². The first kappa shape index (κ1) is 16.5. The molecule has 1 unspecified atom stereocenters. The van der Waals surface area contributed by atoms with Crippen molar-refractivity contribution in [2.45, 2.75) is 51.4 Å². The molecule has 0 saturated carbocycles. The van der Waals surface area contributed by atoms with E-state index >= 15 is 0 Å². The van der Waals surface area contributed by atoms with Crippen LogP contribution < -0.4 is 5.73 Å². The number of nitrogens with one attached hydrogen (secondary N) is 1. The minimum absolute atomic E-state index is 0.389. The van der Waals surface area contributed by atoms with Crippen LogP contribution in [0.4, 0.5) is 0 Å². The molecule has 0 fully saturated rings. The summed E-state index contributed by atoms with van der Waals surface area (Å²) in [7, 11) is 0. The topological polar surface area (TPSA) is 80.7 Å². The van der Waals surface area contributed by atoms with Gasteiger partial charge >= 0.3 is 5.91 Å². The van der Waals surface area contributed by atoms with Gasteiger partial charge in [0.05, 0.1) is 12.2 Å². The van der Waals surface area contributed by atoms with Gasteiger partial charge in [-0.1, -0.05) is 57.2 Å². The summed E-state index contributed by atoms with van der Waals surface area (Å²) >= 11 is 0. The van der Waals surface area contributed by atoms with Gasteiger partial charge in [0, 0.05) is 5.56 Å². The minimum atomic E-state index is -1.29. The average molecular weight is 303 g/mol. The van der Waals surface area contributed by atoms with Gasteiger partial charge in [0.2, 0.25) is 0 Å². The van der Waals surface area contributed by atoms with Crippen molar-refractivity contribution in [3.63, 3.8) is 0 Å². The summed E-state index contributed by atoms with van der Waals surface area (Å²) < 4.78 is 11.3. The van der Waals surface area contributed by atoms with Crippen LogP contribution in [0, 0.1) is 5.41 Å². The molecule has 0 radical (unpaired) electrons. The number of rotatable bonds is 10. The van der Waals surface area contributed by atoms with Gasteiger partial charge < -0.3 is 15.2 Å². The zero-order valence-corrected chi connectivity index (χ0v) is 13.2. The molecule has 2 rings (SSSR count). The smallest absolute Gasteiger partial charge is 0.344 e. The van der Waals surface area contributed by atoms with Gasteiger partial charge in [-0.05, 0) is 12.5 Å². The maximum Gasteiger partial charge on any atom is 0.344 e. The Morgan fingerprint density at radius 2 is 1.91 bits per heavy atom. The quantitative estimate of drug-likeness (QED) is 0.300. The second-order valence-corrected chi connectivity index (χ2v) is 5.48. The lowest BCUT2D eigenvalue weighted by Gasteiger charge is -2.25. The molecule has 1 aliphatic heterocycles. The van der Waals surface area contributed by atoms with E-state index in [0.29, 0.717) is 12.4 Å². The number of nitrogens with two attached hydrogens (primary N) is 1. The lowest BCUT2D eigenvalue weighted by molar-refractivity contribution is -0.189. The molecular weight excluding hydrogens is 278 g/mol. The van der Waals surface area contributed by atoms with E-state index in [0.717, 1.165) is 30.4 Å². The van der Waals surface area contributed by atoms with Crippen molar-refractivity contribution in [1.29, 1.82) is 5.41 Å². The third-order valence-corrected chi connectivity index (χ3v) is 3.83. The van der Waals surface area contributed by atoms with Crippen LogP contribution in [0.15, 0.2) is 29.3 Å². The van der Waals surface area contributed by atoms with Gasteiger partial charge in [0.1, 0.15) is 5.84 Å². The lowest BCUT2D eigenvalue weighted by Crippen LogP contribution is -2.29. The minimum Gasteiger partial charge on any atom is -0.429 e. The lowest BCUT2D eigenvalue weighted by atomic mass is 10.1. The number of nitrogens with zero attached hydrogens (tertiary/aromatic N) is 1. The average Bonchev–Trinajstić information content (AvgIpc) is 2.80. The number of unbranched alkanes of at least 4 members (excludes halogenated alkanes) is 5. The maximum atomic E-state index is 7.26. The van der Waals surface area contributed by atoms with Crippen LogP contribution in [0.5, 0.6) is 0 Å². The van der Waals surface area contributed by atoms with Crippen LogP contribution in [0.2, 0.25) is 0 Å². The summed E-state index contributed by atoms with van der Waals surface area (Å²) in [6.07, 6.45) is 7.96. The first-order chi connectivity index (χ1) is 10.7. The standard InChI is InChI=1S/C17H25N3O2/c1-2-3-4-5-6-9-12-21-17(22-13-18)15-11-8-7-10-14(15)16(19)20-17/h7-8,10-11,13,18H,2-6,9,12H2,1H3,(H2,19,20). The Balaban J connectivity index is 1.95. The van der Waals surface area contributed by atoms with Crippen molar-refractivity contribution in [3.8, 4) is 0 Å². The monoisotopic (exact) mass is 303 g/mol. The molecule has 1 aromatic rings. The summed E-state index contributed by atoms with van der Waals surface area (Å²) in [5.41, 5.74) is 7.53. The van der Waals surface area contributed by atoms with E-state index in [-0.39, 0.29) is 0 Å². The Morgan fingerprint density at radius 3 is 2.68 bits per heavy atom. The predicted molar refractivity (Wildman–Crippen MR) is 88.0 cm³/mol. The molecule has 0 aromatic heterocycles. The van der Waals surface area contributed by atoms with Crippen LogP contribution in [0.3, 0.4) is 0 Å². The van der Waals surface area contributed by atoms with Crippen molar-refractivity contribution in [1.82, 2.24) is 0 Å². The van der Waals surface area contributed by atoms with Gasteiger partial charge in [0.25, 0.3) is 0 Å². The van der Waals surface area contributed by atoms with E-state index < -0.39 is 5.91 Å². The number of fused-ring (bicyclic) bond motifs is 1. The van der Waals surface area contributed by atoms with Crippen LogP contribution in [-0.4, -0.2) is 18.8 Å². The van der Waals surface area contributed by atoms with Gasteiger partial charge in [-0.15, -0.1) is 0 Å². The number of hydrogen-bond donors (Lipinski definition) is 2. The number of hydrogen-bond acceptors (Lipinski definition) is 5. The van der Waals surface area contributed by atoms with E-state index in [1.54, 1.807) is 0 Å². The van der Waals surface area contributed by atoms with E-state index in [4.69, 9.17) is 20.6 Å². The molecule has 0 spiro atoms. The molecule has 1 aliphatic rings. The third-order valence-electron chi connectivity index (χ3n) is 3.83. The molecule has 3 N–H and O–H groups in total. The summed E-state index contributed by atoms with van der Waals surface area (Å²) in [5, 5.41) is 7.26. The summed E-state index contributed by atoms with van der Waals surface area (Å²) in [5.74, 6) is -0.897. The Hall–Kier alpha value is -1.88. The van der Waals surface area contributed by atoms with Crippen LogP contribution in [-0.2, 0) is 15.4 Å². The van der Waals surface area contributed by atoms with Crippen LogP contribution in [0.1, 0.15) is 56.6 Å². The van der Waals surface area contributed by atoms with E-state index in [2.05, 4.69) is 11.9 Å². The second-order valence-electron chi connectivity index (χ2n) is 5.48. The molecule has 0 amide bonds. The highest BCUT2D eigenvalue weighted by molar-refractivity contribution is 6.01. The number of amidine groups is 1. The van der Waals surface area contributed by atoms with Gasteiger partial charge in [-0.2, -0.15) is 4.99 Å². The number of ether oxygens (including phenoxy) is 2. The highest BCUT2D eigenvalue weighted by Crippen LogP contribution is 2.36. The predicted octanol–water partition coefficient (Wildman–Crippen LogP) is 3.52. The van der Waals surface area contributed by atoms with Crippen molar-refractivity contribution in [2.75, 3.05) is 6.61 Å². The molecule has 1 atom stereocenters. The first-order valence-electron chi connectivity index (χ1n) is 7.99. The Morgan fingerprint density at radius 1 is 1.18 bits per heavy atom. The maximum absolute atomic E-state index is 7.26. The highest BCUT2D eigenvalue weighted by atomic mass is 16.7.